The molecule has 0 aliphatic rings. The zero-order valence-corrected chi connectivity index (χ0v) is 15.0. The molecule has 0 aromatic heterocycles. The highest BCUT2D eigenvalue weighted by molar-refractivity contribution is 5.44. The summed E-state index contributed by atoms with van der Waals surface area (Å²) >= 11 is 0. The van der Waals surface area contributed by atoms with Crippen LogP contribution in [0.4, 0.5) is 5.69 Å². The third-order valence-corrected chi connectivity index (χ3v) is 4.41. The van der Waals surface area contributed by atoms with Gasteiger partial charge < -0.3 is 5.32 Å². The first kappa shape index (κ1) is 19.1. The van der Waals surface area contributed by atoms with Gasteiger partial charge in [-0.3, -0.25) is 0 Å². The fourth-order valence-corrected chi connectivity index (χ4v) is 2.87. The summed E-state index contributed by atoms with van der Waals surface area (Å²) in [6.07, 6.45) is 17.0. The van der Waals surface area contributed by atoms with Gasteiger partial charge in [0.1, 0.15) is 0 Å². The molecule has 0 amide bonds. The first-order valence-corrected chi connectivity index (χ1v) is 9.63. The average Bonchev–Trinajstić information content (AvgIpc) is 2.53. The molecule has 0 unspecified atom stereocenters. The normalized spacial score (nSPS) is 10.8. The first-order chi connectivity index (χ1) is 10.8. The molecule has 1 rings (SSSR count). The molecule has 0 aliphatic heterocycles. The molecule has 0 heterocycles. The molecular formula is C21H37N. The molecule has 1 N–H and O–H groups in total. The van der Waals surface area contributed by atoms with Crippen molar-refractivity contribution in [2.24, 2.45) is 0 Å². The van der Waals surface area contributed by atoms with Crippen molar-refractivity contribution in [2.45, 2.75) is 90.9 Å². The Kier molecular flexibility index (Phi) is 11.8. The van der Waals surface area contributed by atoms with Crippen LogP contribution in [0.5, 0.6) is 0 Å². The number of aryl methyl sites for hydroxylation is 1. The highest BCUT2D eigenvalue weighted by atomic mass is 14.9. The minimum Gasteiger partial charge on any atom is -0.385 e. The molecular weight excluding hydrogens is 266 g/mol. The van der Waals surface area contributed by atoms with Crippen LogP contribution < -0.4 is 5.32 Å². The van der Waals surface area contributed by atoms with E-state index in [4.69, 9.17) is 0 Å². The monoisotopic (exact) mass is 303 g/mol. The first-order valence-electron chi connectivity index (χ1n) is 9.63. The third-order valence-electron chi connectivity index (χ3n) is 4.41. The fourth-order valence-electron chi connectivity index (χ4n) is 2.87. The van der Waals surface area contributed by atoms with Crippen LogP contribution in [0.2, 0.25) is 0 Å². The van der Waals surface area contributed by atoms with E-state index in [2.05, 4.69) is 43.4 Å². The number of rotatable bonds is 14. The van der Waals surface area contributed by atoms with Gasteiger partial charge >= 0.3 is 0 Å². The highest BCUT2D eigenvalue weighted by Crippen LogP contribution is 2.12. The smallest absolute Gasteiger partial charge is 0.0340 e. The van der Waals surface area contributed by atoms with Crippen LogP contribution in [0.3, 0.4) is 0 Å². The Bertz CT molecular complexity index is 341. The maximum absolute atomic E-state index is 3.51. The minimum absolute atomic E-state index is 1.11. The van der Waals surface area contributed by atoms with Crippen LogP contribution in [0.1, 0.15) is 89.5 Å². The summed E-state index contributed by atoms with van der Waals surface area (Å²) in [4.78, 5) is 0. The van der Waals surface area contributed by atoms with E-state index in [0.717, 1.165) is 6.54 Å². The van der Waals surface area contributed by atoms with Gasteiger partial charge in [-0.25, -0.2) is 0 Å². The molecule has 1 heteroatoms. The lowest BCUT2D eigenvalue weighted by molar-refractivity contribution is 0.546. The number of nitrogens with one attached hydrogen (secondary N) is 1. The summed E-state index contributed by atoms with van der Waals surface area (Å²) in [5.41, 5.74) is 2.59. The molecule has 0 fully saturated rings. The molecule has 0 saturated carbocycles. The topological polar surface area (TPSA) is 12.0 Å². The average molecular weight is 304 g/mol. The van der Waals surface area contributed by atoms with E-state index in [1.54, 1.807) is 0 Å². The van der Waals surface area contributed by atoms with Gasteiger partial charge in [-0.2, -0.15) is 0 Å². The van der Waals surface area contributed by atoms with Crippen molar-refractivity contribution in [3.63, 3.8) is 0 Å². The van der Waals surface area contributed by atoms with Gasteiger partial charge in [-0.1, -0.05) is 95.2 Å². The lowest BCUT2D eigenvalue weighted by Crippen LogP contribution is -2.01. The van der Waals surface area contributed by atoms with Crippen LogP contribution in [-0.4, -0.2) is 6.54 Å². The molecule has 0 saturated heterocycles. The van der Waals surface area contributed by atoms with Crippen LogP contribution in [0, 0.1) is 6.92 Å². The molecule has 1 aromatic rings. The summed E-state index contributed by atoms with van der Waals surface area (Å²) in [6, 6.07) is 8.70. The summed E-state index contributed by atoms with van der Waals surface area (Å²) < 4.78 is 0. The zero-order chi connectivity index (χ0) is 15.9. The third kappa shape index (κ3) is 10.7. The van der Waals surface area contributed by atoms with Gasteiger partial charge in [-0.05, 0) is 25.5 Å². The Morgan fingerprint density at radius 2 is 1.09 bits per heavy atom. The Balaban J connectivity index is 1.79. The maximum Gasteiger partial charge on any atom is 0.0340 e. The van der Waals surface area contributed by atoms with Gasteiger partial charge in [0.15, 0.2) is 0 Å². The van der Waals surface area contributed by atoms with Gasteiger partial charge in [0.05, 0.1) is 0 Å². The molecule has 0 bridgehead atoms. The number of hydrogen-bond acceptors (Lipinski definition) is 1. The largest absolute Gasteiger partial charge is 0.385 e. The van der Waals surface area contributed by atoms with Crippen molar-refractivity contribution < 1.29 is 0 Å². The molecule has 22 heavy (non-hydrogen) atoms. The van der Waals surface area contributed by atoms with E-state index in [9.17, 15) is 0 Å². The SMILES string of the molecule is CCCCCCCCCCCCCCNc1ccc(C)cc1. The summed E-state index contributed by atoms with van der Waals surface area (Å²) in [7, 11) is 0. The van der Waals surface area contributed by atoms with Crippen molar-refractivity contribution in [3.05, 3.63) is 29.8 Å². The van der Waals surface area contributed by atoms with Crippen molar-refractivity contribution in [2.75, 3.05) is 11.9 Å². The predicted molar refractivity (Wildman–Crippen MR) is 101 cm³/mol. The predicted octanol–water partition coefficient (Wildman–Crippen LogP) is 7.11. The molecule has 1 nitrogen and oxygen atoms in total. The quantitative estimate of drug-likeness (QED) is 0.361. The van der Waals surface area contributed by atoms with Crippen molar-refractivity contribution >= 4 is 5.69 Å². The Morgan fingerprint density at radius 3 is 1.59 bits per heavy atom. The Hall–Kier alpha value is -0.980. The Labute approximate surface area is 138 Å². The molecule has 1 aromatic carbocycles. The second-order valence-electron chi connectivity index (χ2n) is 6.68. The van der Waals surface area contributed by atoms with E-state index in [1.807, 2.05) is 0 Å². The molecule has 126 valence electrons. The van der Waals surface area contributed by atoms with E-state index in [-0.39, 0.29) is 0 Å². The number of benzene rings is 1. The van der Waals surface area contributed by atoms with Crippen LogP contribution >= 0.6 is 0 Å². The molecule has 0 radical (unpaired) electrons. The van der Waals surface area contributed by atoms with E-state index in [0.29, 0.717) is 0 Å². The van der Waals surface area contributed by atoms with Gasteiger partial charge in [0.25, 0.3) is 0 Å². The minimum atomic E-state index is 1.11. The summed E-state index contributed by atoms with van der Waals surface area (Å²) in [5, 5.41) is 3.51. The van der Waals surface area contributed by atoms with Gasteiger partial charge in [0, 0.05) is 12.2 Å². The van der Waals surface area contributed by atoms with Gasteiger partial charge in [-0.15, -0.1) is 0 Å². The van der Waals surface area contributed by atoms with Crippen molar-refractivity contribution in [1.29, 1.82) is 0 Å². The fraction of sp³-hybridized carbons (Fsp3) is 0.714. The van der Waals surface area contributed by atoms with Crippen LogP contribution in [-0.2, 0) is 0 Å². The van der Waals surface area contributed by atoms with E-state index in [1.165, 1.54) is 88.3 Å². The molecule has 0 atom stereocenters. The van der Waals surface area contributed by atoms with Crippen LogP contribution in [0.15, 0.2) is 24.3 Å². The Morgan fingerprint density at radius 1 is 0.636 bits per heavy atom. The second kappa shape index (κ2) is 13.7. The number of hydrogen-bond donors (Lipinski definition) is 1. The van der Waals surface area contributed by atoms with Gasteiger partial charge in [0.2, 0.25) is 0 Å². The molecule has 0 aliphatic carbocycles. The summed E-state index contributed by atoms with van der Waals surface area (Å²) in [5.74, 6) is 0. The second-order valence-corrected chi connectivity index (χ2v) is 6.68. The number of unbranched alkanes of at least 4 members (excludes halogenated alkanes) is 11. The lowest BCUT2D eigenvalue weighted by Gasteiger charge is -2.06. The van der Waals surface area contributed by atoms with Crippen LogP contribution in [0.25, 0.3) is 0 Å². The maximum atomic E-state index is 3.51. The summed E-state index contributed by atoms with van der Waals surface area (Å²) in [6.45, 7) is 5.53. The highest BCUT2D eigenvalue weighted by Gasteiger charge is 1.94. The van der Waals surface area contributed by atoms with Crippen molar-refractivity contribution in [3.8, 4) is 0 Å². The standard InChI is InChI=1S/C21H37N/c1-3-4-5-6-7-8-9-10-11-12-13-14-19-22-21-17-15-20(2)16-18-21/h15-18,22H,3-14,19H2,1-2H3. The van der Waals surface area contributed by atoms with Crippen molar-refractivity contribution in [1.82, 2.24) is 0 Å². The number of anilines is 1. The lowest BCUT2D eigenvalue weighted by atomic mass is 10.1. The van der Waals surface area contributed by atoms with E-state index < -0.39 is 0 Å². The molecule has 0 spiro atoms. The zero-order valence-electron chi connectivity index (χ0n) is 15.0. The van der Waals surface area contributed by atoms with E-state index >= 15 is 0 Å².